The van der Waals surface area contributed by atoms with E-state index in [-0.39, 0.29) is 5.88 Å². The Bertz CT molecular complexity index is 324. The molecule has 1 aromatic carbocycles. The highest BCUT2D eigenvalue weighted by molar-refractivity contribution is 6.26. The molecule has 0 saturated carbocycles. The molecule has 1 aromatic rings. The topological polar surface area (TPSA) is 63.3 Å². The lowest BCUT2D eigenvalue weighted by atomic mass is 10.0. The van der Waals surface area contributed by atoms with Gasteiger partial charge in [0.25, 0.3) is 0 Å². The predicted molar refractivity (Wildman–Crippen MR) is 63.4 cm³/mol. The molecule has 84 valence electrons. The van der Waals surface area contributed by atoms with Crippen molar-refractivity contribution in [2.45, 2.75) is 20.8 Å². The quantitative estimate of drug-likeness (QED) is 0.575. The Labute approximate surface area is 94.9 Å². The Morgan fingerprint density at radius 3 is 2.13 bits per heavy atom. The predicted octanol–water partition coefficient (Wildman–Crippen LogP) is 2.50. The number of rotatable bonds is 1. The van der Waals surface area contributed by atoms with E-state index >= 15 is 0 Å². The molecule has 0 aromatic heterocycles. The van der Waals surface area contributed by atoms with Crippen LogP contribution >= 0.6 is 11.6 Å². The van der Waals surface area contributed by atoms with Gasteiger partial charge in [-0.15, -0.1) is 11.6 Å². The maximum absolute atomic E-state index is 9.24. The molecule has 15 heavy (non-hydrogen) atoms. The van der Waals surface area contributed by atoms with Crippen LogP contribution in [0.3, 0.4) is 0 Å². The van der Waals surface area contributed by atoms with Gasteiger partial charge in [0.1, 0.15) is 5.88 Å². The van der Waals surface area contributed by atoms with E-state index in [1.807, 2.05) is 6.07 Å². The summed E-state index contributed by atoms with van der Waals surface area (Å²) in [6, 6.07) is 4.01. The number of halogens is 1. The summed E-state index contributed by atoms with van der Waals surface area (Å²) >= 11 is 4.74. The van der Waals surface area contributed by atoms with Gasteiger partial charge in [-0.2, -0.15) is 0 Å². The van der Waals surface area contributed by atoms with Crippen molar-refractivity contribution in [3.63, 3.8) is 0 Å². The summed E-state index contributed by atoms with van der Waals surface area (Å²) in [6.07, 6.45) is 0. The van der Waals surface area contributed by atoms with E-state index in [1.54, 1.807) is 0 Å². The Morgan fingerprint density at radius 1 is 1.33 bits per heavy atom. The van der Waals surface area contributed by atoms with Crippen molar-refractivity contribution >= 4 is 23.3 Å². The highest BCUT2D eigenvalue weighted by Gasteiger charge is 1.98. The molecule has 0 spiro atoms. The minimum atomic E-state index is -0.980. The third kappa shape index (κ3) is 4.70. The first-order valence-electron chi connectivity index (χ1n) is 4.50. The first-order chi connectivity index (χ1) is 6.90. The largest absolute Gasteiger partial charge is 0.480 e. The normalized spacial score (nSPS) is 9.07. The zero-order chi connectivity index (χ0) is 12.0. The number of carbonyl (C=O) groups is 1. The Hall–Kier alpha value is -1.22. The van der Waals surface area contributed by atoms with Crippen molar-refractivity contribution in [3.05, 3.63) is 28.8 Å². The van der Waals surface area contributed by atoms with Crippen LogP contribution in [0.2, 0.25) is 0 Å². The number of carboxylic acid groups (broad SMARTS) is 1. The van der Waals surface area contributed by atoms with Gasteiger partial charge in [-0.1, -0.05) is 6.07 Å². The molecule has 3 nitrogen and oxygen atoms in total. The van der Waals surface area contributed by atoms with Crippen molar-refractivity contribution in [2.24, 2.45) is 0 Å². The molecule has 0 saturated heterocycles. The number of anilines is 1. The third-order valence-corrected chi connectivity index (χ3v) is 2.44. The van der Waals surface area contributed by atoms with Crippen LogP contribution in [0.25, 0.3) is 0 Å². The molecule has 0 aliphatic heterocycles. The van der Waals surface area contributed by atoms with E-state index < -0.39 is 5.97 Å². The van der Waals surface area contributed by atoms with Crippen LogP contribution in [0.15, 0.2) is 12.1 Å². The lowest BCUT2D eigenvalue weighted by Gasteiger charge is -2.05. The maximum atomic E-state index is 9.24. The monoisotopic (exact) mass is 229 g/mol. The molecule has 0 unspecified atom stereocenters. The number of nitrogen functional groups attached to an aromatic ring is 1. The molecule has 0 bridgehead atoms. The molecule has 0 amide bonds. The van der Waals surface area contributed by atoms with Gasteiger partial charge in [-0.3, -0.25) is 4.79 Å². The van der Waals surface area contributed by atoms with E-state index in [2.05, 4.69) is 26.8 Å². The fourth-order valence-electron chi connectivity index (χ4n) is 0.977. The fraction of sp³-hybridized carbons (Fsp3) is 0.364. The van der Waals surface area contributed by atoms with Crippen molar-refractivity contribution < 1.29 is 9.90 Å². The minimum Gasteiger partial charge on any atom is -0.480 e. The summed E-state index contributed by atoms with van der Waals surface area (Å²) in [5.74, 6) is -1.29. The second-order valence-electron chi connectivity index (χ2n) is 3.25. The second-order valence-corrected chi connectivity index (χ2v) is 3.52. The molecule has 0 aliphatic rings. The molecule has 0 radical (unpaired) electrons. The summed E-state index contributed by atoms with van der Waals surface area (Å²) < 4.78 is 0. The van der Waals surface area contributed by atoms with Crippen LogP contribution in [0.5, 0.6) is 0 Å². The number of hydrogen-bond donors (Lipinski definition) is 2. The van der Waals surface area contributed by atoms with Gasteiger partial charge in [0.05, 0.1) is 0 Å². The molecular weight excluding hydrogens is 214 g/mol. The zero-order valence-corrected chi connectivity index (χ0v) is 9.93. The Balaban J connectivity index is 0.000000336. The fourth-order valence-corrected chi connectivity index (χ4v) is 0.977. The average molecular weight is 230 g/mol. The smallest absolute Gasteiger partial charge is 0.318 e. The Kier molecular flexibility index (Phi) is 5.79. The third-order valence-electron chi connectivity index (χ3n) is 2.21. The Morgan fingerprint density at radius 2 is 1.80 bits per heavy atom. The number of hydrogen-bond acceptors (Lipinski definition) is 2. The number of carboxylic acids is 1. The number of aryl methyl sites for hydroxylation is 1. The van der Waals surface area contributed by atoms with E-state index in [9.17, 15) is 4.79 Å². The molecule has 0 heterocycles. The standard InChI is InChI=1S/C9H13N.C2H3ClO2/c1-6-4-5-9(10)8(3)7(6)2;3-1-2(4)5/h4-5H,10H2,1-3H3;1H2,(H,4,5). The van der Waals surface area contributed by atoms with Gasteiger partial charge in [0.15, 0.2) is 0 Å². The highest BCUT2D eigenvalue weighted by Crippen LogP contribution is 2.17. The van der Waals surface area contributed by atoms with Crippen molar-refractivity contribution in [3.8, 4) is 0 Å². The summed E-state index contributed by atoms with van der Waals surface area (Å²) in [7, 11) is 0. The summed E-state index contributed by atoms with van der Waals surface area (Å²) in [6.45, 7) is 6.25. The van der Waals surface area contributed by atoms with Crippen LogP contribution in [0.4, 0.5) is 5.69 Å². The van der Waals surface area contributed by atoms with Crippen molar-refractivity contribution in [1.29, 1.82) is 0 Å². The summed E-state index contributed by atoms with van der Waals surface area (Å²) in [5.41, 5.74) is 10.4. The van der Waals surface area contributed by atoms with Gasteiger partial charge in [0, 0.05) is 5.69 Å². The molecule has 4 heteroatoms. The van der Waals surface area contributed by atoms with Gasteiger partial charge >= 0.3 is 5.97 Å². The van der Waals surface area contributed by atoms with E-state index in [0.29, 0.717) is 0 Å². The van der Waals surface area contributed by atoms with E-state index in [0.717, 1.165) is 5.69 Å². The van der Waals surface area contributed by atoms with Crippen LogP contribution in [0.1, 0.15) is 16.7 Å². The number of aliphatic carboxylic acids is 1. The summed E-state index contributed by atoms with van der Waals surface area (Å²) in [5, 5.41) is 7.59. The van der Waals surface area contributed by atoms with Crippen LogP contribution in [-0.4, -0.2) is 17.0 Å². The molecule has 0 atom stereocenters. The van der Waals surface area contributed by atoms with E-state index in [1.165, 1.54) is 16.7 Å². The molecule has 1 rings (SSSR count). The SMILES string of the molecule is Cc1ccc(N)c(C)c1C.O=C(O)CCl. The molecule has 0 aliphatic carbocycles. The van der Waals surface area contributed by atoms with Gasteiger partial charge in [-0.05, 0) is 43.5 Å². The van der Waals surface area contributed by atoms with Crippen LogP contribution < -0.4 is 5.73 Å². The zero-order valence-electron chi connectivity index (χ0n) is 9.17. The molecule has 3 N–H and O–H groups in total. The lowest BCUT2D eigenvalue weighted by molar-refractivity contribution is -0.134. The van der Waals surface area contributed by atoms with Gasteiger partial charge in [-0.25, -0.2) is 0 Å². The first kappa shape index (κ1) is 13.8. The van der Waals surface area contributed by atoms with Crippen molar-refractivity contribution in [1.82, 2.24) is 0 Å². The van der Waals surface area contributed by atoms with Crippen LogP contribution in [-0.2, 0) is 4.79 Å². The minimum absolute atomic E-state index is 0.306. The number of benzene rings is 1. The van der Waals surface area contributed by atoms with E-state index in [4.69, 9.17) is 22.4 Å². The summed E-state index contributed by atoms with van der Waals surface area (Å²) in [4.78, 5) is 9.24. The van der Waals surface area contributed by atoms with Gasteiger partial charge < -0.3 is 10.8 Å². The second kappa shape index (κ2) is 6.30. The number of alkyl halides is 1. The molecular formula is C11H16ClNO2. The molecule has 0 fully saturated rings. The van der Waals surface area contributed by atoms with Crippen molar-refractivity contribution in [2.75, 3.05) is 11.6 Å². The number of nitrogens with two attached hydrogens (primary N) is 1. The van der Waals surface area contributed by atoms with Gasteiger partial charge in [0.2, 0.25) is 0 Å². The lowest BCUT2D eigenvalue weighted by Crippen LogP contribution is -1.93. The highest BCUT2D eigenvalue weighted by atomic mass is 35.5. The first-order valence-corrected chi connectivity index (χ1v) is 5.03. The maximum Gasteiger partial charge on any atom is 0.318 e. The van der Waals surface area contributed by atoms with Crippen LogP contribution in [0, 0.1) is 20.8 Å². The average Bonchev–Trinajstić information content (AvgIpc) is 2.21.